The summed E-state index contributed by atoms with van der Waals surface area (Å²) in [6, 6.07) is 5.82. The van der Waals surface area contributed by atoms with Gasteiger partial charge in [0.05, 0.1) is 10.1 Å². The van der Waals surface area contributed by atoms with Crippen molar-refractivity contribution in [3.63, 3.8) is 0 Å². The fourth-order valence-electron chi connectivity index (χ4n) is 1.39. The average molecular weight is 389 g/mol. The van der Waals surface area contributed by atoms with Crippen molar-refractivity contribution in [2.45, 2.75) is 26.4 Å². The molecule has 0 aromatic heterocycles. The molecule has 20 heavy (non-hydrogen) atoms. The highest BCUT2D eigenvalue weighted by Gasteiger charge is 2.15. The molecule has 0 radical (unpaired) electrons. The molecule has 0 spiro atoms. The molecular weight excluding hydrogens is 369 g/mol. The molecule has 1 rings (SSSR count). The topological polar surface area (TPSA) is 47.6 Å². The van der Waals surface area contributed by atoms with Gasteiger partial charge in [-0.1, -0.05) is 18.7 Å². The van der Waals surface area contributed by atoms with Gasteiger partial charge in [0.1, 0.15) is 18.0 Å². The molecule has 0 aliphatic carbocycles. The Labute approximate surface area is 133 Å². The first-order valence-corrected chi connectivity index (χ1v) is 7.41. The van der Waals surface area contributed by atoms with Crippen molar-refractivity contribution >= 4 is 34.8 Å². The molecule has 0 atom stereocenters. The van der Waals surface area contributed by atoms with Gasteiger partial charge in [0, 0.05) is 0 Å². The molecule has 0 aliphatic rings. The second-order valence-electron chi connectivity index (χ2n) is 5.17. The van der Waals surface area contributed by atoms with Crippen LogP contribution in [-0.2, 0) is 4.74 Å². The summed E-state index contributed by atoms with van der Waals surface area (Å²) in [6.45, 7) is 9.99. The Bertz CT molecular complexity index is 480. The van der Waals surface area contributed by atoms with E-state index in [1.165, 1.54) is 0 Å². The van der Waals surface area contributed by atoms with E-state index in [-0.39, 0.29) is 0 Å². The minimum absolute atomic E-state index is 0.392. The fourth-order valence-corrected chi connectivity index (χ4v) is 2.08. The van der Waals surface area contributed by atoms with Crippen molar-refractivity contribution in [3.05, 3.63) is 33.9 Å². The van der Waals surface area contributed by atoms with Crippen molar-refractivity contribution in [2.75, 3.05) is 13.2 Å². The number of nitrogens with one attached hydrogen (secondary N) is 1. The van der Waals surface area contributed by atoms with Crippen LogP contribution < -0.4 is 10.1 Å². The molecule has 110 valence electrons. The Morgan fingerprint density at radius 3 is 2.70 bits per heavy atom. The lowest BCUT2D eigenvalue weighted by molar-refractivity contribution is 0.0520. The third-order valence-corrected chi connectivity index (χ3v) is 3.06. The fraction of sp³-hybridized carbons (Fsp3) is 0.400. The van der Waals surface area contributed by atoms with Crippen LogP contribution in [0.4, 0.5) is 4.79 Å². The maximum absolute atomic E-state index is 11.4. The monoisotopic (exact) mass is 389 g/mol. The Hall–Kier alpha value is -1.24. The number of carbonyl (C=O) groups excluding carboxylic acids is 1. The quantitative estimate of drug-likeness (QED) is 0.615. The van der Waals surface area contributed by atoms with Gasteiger partial charge in [-0.25, -0.2) is 4.79 Å². The first kappa shape index (κ1) is 16.8. The van der Waals surface area contributed by atoms with Crippen LogP contribution >= 0.6 is 22.6 Å². The van der Waals surface area contributed by atoms with E-state index < -0.39 is 11.7 Å². The lowest BCUT2D eigenvalue weighted by atomic mass is 10.2. The van der Waals surface area contributed by atoms with Crippen LogP contribution in [0.1, 0.15) is 26.3 Å². The molecule has 1 N–H and O–H groups in total. The minimum Gasteiger partial charge on any atom is -0.491 e. The summed E-state index contributed by atoms with van der Waals surface area (Å²) in [5, 5.41) is 2.65. The van der Waals surface area contributed by atoms with Gasteiger partial charge in [0.15, 0.2) is 0 Å². The molecule has 0 heterocycles. The average Bonchev–Trinajstić information content (AvgIpc) is 2.33. The zero-order chi connectivity index (χ0) is 15.2. The van der Waals surface area contributed by atoms with Crippen LogP contribution in [0.15, 0.2) is 24.8 Å². The predicted octanol–water partition coefficient (Wildman–Crippen LogP) is 3.84. The number of hydrogen-bond donors (Lipinski definition) is 1. The summed E-state index contributed by atoms with van der Waals surface area (Å²) in [4.78, 5) is 11.4. The van der Waals surface area contributed by atoms with Gasteiger partial charge in [-0.3, -0.25) is 0 Å². The van der Waals surface area contributed by atoms with E-state index in [0.717, 1.165) is 14.9 Å². The number of carbonyl (C=O) groups is 1. The van der Waals surface area contributed by atoms with Crippen LogP contribution in [0.5, 0.6) is 5.75 Å². The number of halogens is 1. The van der Waals surface area contributed by atoms with E-state index in [2.05, 4.69) is 34.5 Å². The van der Waals surface area contributed by atoms with E-state index in [9.17, 15) is 4.79 Å². The van der Waals surface area contributed by atoms with Crippen LogP contribution in [0.3, 0.4) is 0 Å². The van der Waals surface area contributed by atoms with E-state index in [4.69, 9.17) is 9.47 Å². The number of alkyl carbamates (subject to hydrolysis) is 1. The third kappa shape index (κ3) is 6.27. The van der Waals surface area contributed by atoms with Crippen molar-refractivity contribution < 1.29 is 14.3 Å². The normalized spacial score (nSPS) is 10.8. The highest BCUT2D eigenvalue weighted by Crippen LogP contribution is 2.22. The molecule has 0 fully saturated rings. The van der Waals surface area contributed by atoms with Gasteiger partial charge in [-0.15, -0.1) is 0 Å². The maximum atomic E-state index is 11.4. The molecule has 0 bridgehead atoms. The SMILES string of the molecule is C=Cc1ccc(OCCNC(=O)OC(C)(C)C)c(I)c1. The van der Waals surface area contributed by atoms with E-state index in [0.29, 0.717) is 13.2 Å². The first-order valence-electron chi connectivity index (χ1n) is 6.33. The number of ether oxygens (including phenoxy) is 2. The van der Waals surface area contributed by atoms with Gasteiger partial charge in [-0.05, 0) is 61.1 Å². The molecule has 0 unspecified atom stereocenters. The molecule has 0 saturated carbocycles. The summed E-state index contributed by atoms with van der Waals surface area (Å²) in [5.41, 5.74) is 0.564. The Balaban J connectivity index is 2.34. The zero-order valence-corrected chi connectivity index (χ0v) is 14.2. The molecule has 1 aromatic carbocycles. The molecule has 5 heteroatoms. The summed E-state index contributed by atoms with van der Waals surface area (Å²) in [7, 11) is 0. The molecule has 1 amide bonds. The van der Waals surface area contributed by atoms with E-state index in [1.807, 2.05) is 39.0 Å². The highest BCUT2D eigenvalue weighted by molar-refractivity contribution is 14.1. The van der Waals surface area contributed by atoms with Crippen molar-refractivity contribution in [1.82, 2.24) is 5.32 Å². The predicted molar refractivity (Wildman–Crippen MR) is 89.0 cm³/mol. The van der Waals surface area contributed by atoms with Crippen LogP contribution in [0, 0.1) is 3.57 Å². The van der Waals surface area contributed by atoms with Gasteiger partial charge in [0.2, 0.25) is 0 Å². The third-order valence-electron chi connectivity index (χ3n) is 2.22. The van der Waals surface area contributed by atoms with Gasteiger partial charge >= 0.3 is 6.09 Å². The summed E-state index contributed by atoms with van der Waals surface area (Å²) < 4.78 is 11.7. The van der Waals surface area contributed by atoms with Gasteiger partial charge < -0.3 is 14.8 Å². The van der Waals surface area contributed by atoms with E-state index in [1.54, 1.807) is 6.08 Å². The van der Waals surface area contributed by atoms with Gasteiger partial charge in [0.25, 0.3) is 0 Å². The Morgan fingerprint density at radius 1 is 1.45 bits per heavy atom. The lowest BCUT2D eigenvalue weighted by Crippen LogP contribution is -2.34. The lowest BCUT2D eigenvalue weighted by Gasteiger charge is -2.19. The largest absolute Gasteiger partial charge is 0.491 e. The number of benzene rings is 1. The molecule has 0 saturated heterocycles. The smallest absolute Gasteiger partial charge is 0.407 e. The van der Waals surface area contributed by atoms with Crippen molar-refractivity contribution in [1.29, 1.82) is 0 Å². The second-order valence-corrected chi connectivity index (χ2v) is 6.33. The minimum atomic E-state index is -0.485. The zero-order valence-electron chi connectivity index (χ0n) is 12.0. The molecule has 4 nitrogen and oxygen atoms in total. The van der Waals surface area contributed by atoms with Crippen LogP contribution in [0.25, 0.3) is 6.08 Å². The Kier molecular flexibility index (Phi) is 6.32. The second kappa shape index (κ2) is 7.52. The molecule has 0 aliphatic heterocycles. The number of rotatable bonds is 5. The first-order chi connectivity index (χ1) is 9.31. The van der Waals surface area contributed by atoms with Crippen molar-refractivity contribution in [3.8, 4) is 5.75 Å². The highest BCUT2D eigenvalue weighted by atomic mass is 127. The Morgan fingerprint density at radius 2 is 2.15 bits per heavy atom. The van der Waals surface area contributed by atoms with Crippen LogP contribution in [0.2, 0.25) is 0 Å². The van der Waals surface area contributed by atoms with E-state index >= 15 is 0 Å². The van der Waals surface area contributed by atoms with Gasteiger partial charge in [-0.2, -0.15) is 0 Å². The number of amides is 1. The maximum Gasteiger partial charge on any atom is 0.407 e. The molecular formula is C15H20INO3. The standard InChI is InChI=1S/C15H20INO3/c1-5-11-6-7-13(12(16)10-11)19-9-8-17-14(18)20-15(2,3)4/h5-7,10H,1,8-9H2,2-4H3,(H,17,18). The summed E-state index contributed by atoms with van der Waals surface area (Å²) in [5.74, 6) is 0.794. The summed E-state index contributed by atoms with van der Waals surface area (Å²) >= 11 is 2.21. The summed E-state index contributed by atoms with van der Waals surface area (Å²) in [6.07, 6.45) is 1.36. The van der Waals surface area contributed by atoms with Crippen molar-refractivity contribution in [2.24, 2.45) is 0 Å². The van der Waals surface area contributed by atoms with Crippen LogP contribution in [-0.4, -0.2) is 24.8 Å². The number of hydrogen-bond acceptors (Lipinski definition) is 3. The molecule has 1 aromatic rings.